The topological polar surface area (TPSA) is 37.8 Å². The van der Waals surface area contributed by atoms with Crippen molar-refractivity contribution in [3.63, 3.8) is 0 Å². The summed E-state index contributed by atoms with van der Waals surface area (Å²) in [7, 11) is 1.75. The minimum Gasteiger partial charge on any atom is -0.300 e. The van der Waals surface area contributed by atoms with Crippen molar-refractivity contribution in [1.29, 1.82) is 0 Å². The molecule has 0 aliphatic rings. The average molecular weight is 168 g/mol. The summed E-state index contributed by atoms with van der Waals surface area (Å²) in [5.41, 5.74) is 2.01. The van der Waals surface area contributed by atoms with Crippen molar-refractivity contribution in [2.45, 2.75) is 27.2 Å². The molecule has 1 N–H and O–H groups in total. The standard InChI is InChI=1S/C9H16N2O/c1-6(2)5-8-7(3)9(12)11(4)10-8/h6,10H,5H2,1-4H3. The summed E-state index contributed by atoms with van der Waals surface area (Å²) < 4.78 is 1.53. The second-order valence-electron chi connectivity index (χ2n) is 3.68. The zero-order valence-corrected chi connectivity index (χ0v) is 8.14. The summed E-state index contributed by atoms with van der Waals surface area (Å²) in [6, 6.07) is 0. The second kappa shape index (κ2) is 3.17. The Morgan fingerprint density at radius 1 is 1.50 bits per heavy atom. The van der Waals surface area contributed by atoms with Crippen molar-refractivity contribution in [1.82, 2.24) is 9.78 Å². The molecule has 1 aromatic heterocycles. The highest BCUT2D eigenvalue weighted by Crippen LogP contribution is 2.06. The van der Waals surface area contributed by atoms with Crippen LogP contribution in [-0.2, 0) is 13.5 Å². The van der Waals surface area contributed by atoms with Crippen LogP contribution in [-0.4, -0.2) is 9.78 Å². The Morgan fingerprint density at radius 3 is 2.42 bits per heavy atom. The lowest BCUT2D eigenvalue weighted by molar-refractivity contribution is 0.617. The predicted molar refractivity (Wildman–Crippen MR) is 49.3 cm³/mol. The summed E-state index contributed by atoms with van der Waals surface area (Å²) in [5, 5.41) is 3.05. The van der Waals surface area contributed by atoms with Crippen molar-refractivity contribution in [2.24, 2.45) is 13.0 Å². The number of hydrogen-bond donors (Lipinski definition) is 1. The fourth-order valence-corrected chi connectivity index (χ4v) is 1.32. The molecule has 1 rings (SSSR count). The Kier molecular flexibility index (Phi) is 2.40. The molecule has 0 aliphatic carbocycles. The molecule has 0 fully saturated rings. The normalized spacial score (nSPS) is 11.1. The lowest BCUT2D eigenvalue weighted by atomic mass is 10.1. The van der Waals surface area contributed by atoms with E-state index in [9.17, 15) is 4.79 Å². The molecule has 0 bridgehead atoms. The summed E-state index contributed by atoms with van der Waals surface area (Å²) in [5.74, 6) is 0.585. The van der Waals surface area contributed by atoms with Crippen LogP contribution in [0.2, 0.25) is 0 Å². The van der Waals surface area contributed by atoms with Crippen LogP contribution in [0.25, 0.3) is 0 Å². The van der Waals surface area contributed by atoms with Crippen molar-refractivity contribution in [3.8, 4) is 0 Å². The Labute approximate surface area is 72.4 Å². The molecule has 0 saturated carbocycles. The number of aromatic amines is 1. The van der Waals surface area contributed by atoms with Gasteiger partial charge in [-0.1, -0.05) is 13.8 Å². The molecular weight excluding hydrogens is 152 g/mol. The van der Waals surface area contributed by atoms with Gasteiger partial charge in [-0.2, -0.15) is 0 Å². The van der Waals surface area contributed by atoms with Crippen molar-refractivity contribution < 1.29 is 0 Å². The Hall–Kier alpha value is -0.990. The van der Waals surface area contributed by atoms with Gasteiger partial charge in [0.2, 0.25) is 0 Å². The average Bonchev–Trinajstić information content (AvgIpc) is 2.17. The first-order valence-corrected chi connectivity index (χ1v) is 4.27. The molecule has 0 aromatic carbocycles. The molecule has 1 aromatic rings. The van der Waals surface area contributed by atoms with Crippen molar-refractivity contribution >= 4 is 0 Å². The number of nitrogens with one attached hydrogen (secondary N) is 1. The molecule has 3 heteroatoms. The fraction of sp³-hybridized carbons (Fsp3) is 0.667. The van der Waals surface area contributed by atoms with E-state index in [-0.39, 0.29) is 5.56 Å². The van der Waals surface area contributed by atoms with E-state index in [1.165, 1.54) is 4.68 Å². The third-order valence-electron chi connectivity index (χ3n) is 1.99. The highest BCUT2D eigenvalue weighted by atomic mass is 16.1. The van der Waals surface area contributed by atoms with E-state index in [1.54, 1.807) is 7.05 Å². The number of nitrogens with zero attached hydrogens (tertiary/aromatic N) is 1. The predicted octanol–water partition coefficient (Wildman–Crippen LogP) is 1.22. The van der Waals surface area contributed by atoms with Gasteiger partial charge in [0.1, 0.15) is 0 Å². The van der Waals surface area contributed by atoms with Crippen LogP contribution in [0.3, 0.4) is 0 Å². The SMILES string of the molecule is Cc1c(CC(C)C)[nH]n(C)c1=O. The molecule has 68 valence electrons. The summed E-state index contributed by atoms with van der Waals surface area (Å²) in [6.07, 6.45) is 0.946. The molecule has 1 heterocycles. The lowest BCUT2D eigenvalue weighted by Gasteiger charge is -2.01. The minimum absolute atomic E-state index is 0.0886. The van der Waals surface area contributed by atoms with Gasteiger partial charge in [0.05, 0.1) is 0 Å². The molecule has 12 heavy (non-hydrogen) atoms. The Balaban J connectivity index is 3.02. The van der Waals surface area contributed by atoms with Gasteiger partial charge in [0.15, 0.2) is 0 Å². The third-order valence-corrected chi connectivity index (χ3v) is 1.99. The van der Waals surface area contributed by atoms with Crippen LogP contribution in [0, 0.1) is 12.8 Å². The first-order valence-electron chi connectivity index (χ1n) is 4.27. The smallest absolute Gasteiger partial charge is 0.269 e. The van der Waals surface area contributed by atoms with E-state index in [0.717, 1.165) is 17.7 Å². The largest absolute Gasteiger partial charge is 0.300 e. The van der Waals surface area contributed by atoms with Crippen LogP contribution < -0.4 is 5.56 Å². The maximum atomic E-state index is 11.3. The van der Waals surface area contributed by atoms with E-state index in [0.29, 0.717) is 5.92 Å². The molecule has 3 nitrogen and oxygen atoms in total. The van der Waals surface area contributed by atoms with E-state index in [2.05, 4.69) is 18.9 Å². The first kappa shape index (κ1) is 9.10. The monoisotopic (exact) mass is 168 g/mol. The van der Waals surface area contributed by atoms with Gasteiger partial charge in [0, 0.05) is 18.3 Å². The van der Waals surface area contributed by atoms with Crippen molar-refractivity contribution in [2.75, 3.05) is 0 Å². The van der Waals surface area contributed by atoms with Crippen LogP contribution in [0.5, 0.6) is 0 Å². The number of H-pyrrole nitrogens is 1. The minimum atomic E-state index is 0.0886. The van der Waals surface area contributed by atoms with Gasteiger partial charge in [-0.25, -0.2) is 0 Å². The molecule has 0 aliphatic heterocycles. The molecule has 0 atom stereocenters. The Morgan fingerprint density at radius 2 is 2.08 bits per heavy atom. The maximum absolute atomic E-state index is 11.3. The van der Waals surface area contributed by atoms with Crippen LogP contribution in [0.1, 0.15) is 25.1 Å². The van der Waals surface area contributed by atoms with Crippen LogP contribution in [0.15, 0.2) is 4.79 Å². The summed E-state index contributed by atoms with van der Waals surface area (Å²) in [6.45, 7) is 6.16. The van der Waals surface area contributed by atoms with E-state index in [1.807, 2.05) is 6.92 Å². The van der Waals surface area contributed by atoms with Gasteiger partial charge in [-0.05, 0) is 19.3 Å². The maximum Gasteiger partial charge on any atom is 0.269 e. The molecule has 0 radical (unpaired) electrons. The number of aromatic nitrogens is 2. The van der Waals surface area contributed by atoms with Crippen LogP contribution in [0.4, 0.5) is 0 Å². The molecular formula is C9H16N2O. The number of aryl methyl sites for hydroxylation is 1. The van der Waals surface area contributed by atoms with Gasteiger partial charge < -0.3 is 0 Å². The van der Waals surface area contributed by atoms with Gasteiger partial charge >= 0.3 is 0 Å². The Bertz CT molecular complexity index is 320. The third kappa shape index (κ3) is 1.60. The van der Waals surface area contributed by atoms with Gasteiger partial charge in [-0.15, -0.1) is 0 Å². The molecule has 0 spiro atoms. The zero-order valence-electron chi connectivity index (χ0n) is 8.14. The lowest BCUT2D eigenvalue weighted by Crippen LogP contribution is -2.12. The molecule has 0 unspecified atom stereocenters. The quantitative estimate of drug-likeness (QED) is 0.708. The number of hydrogen-bond acceptors (Lipinski definition) is 1. The highest BCUT2D eigenvalue weighted by molar-refractivity contribution is 5.15. The van der Waals surface area contributed by atoms with Gasteiger partial charge in [0.25, 0.3) is 5.56 Å². The van der Waals surface area contributed by atoms with Crippen LogP contribution >= 0.6 is 0 Å². The number of rotatable bonds is 2. The molecule has 0 saturated heterocycles. The second-order valence-corrected chi connectivity index (χ2v) is 3.68. The van der Waals surface area contributed by atoms with Crippen molar-refractivity contribution in [3.05, 3.63) is 21.6 Å². The summed E-state index contributed by atoms with van der Waals surface area (Å²) in [4.78, 5) is 11.3. The highest BCUT2D eigenvalue weighted by Gasteiger charge is 2.08. The van der Waals surface area contributed by atoms with E-state index in [4.69, 9.17) is 0 Å². The first-order chi connectivity index (χ1) is 5.52. The fourth-order valence-electron chi connectivity index (χ4n) is 1.32. The van der Waals surface area contributed by atoms with E-state index >= 15 is 0 Å². The zero-order chi connectivity index (χ0) is 9.30. The summed E-state index contributed by atoms with van der Waals surface area (Å²) >= 11 is 0. The van der Waals surface area contributed by atoms with E-state index < -0.39 is 0 Å². The molecule has 0 amide bonds. The van der Waals surface area contributed by atoms with Gasteiger partial charge in [-0.3, -0.25) is 14.6 Å².